The van der Waals surface area contributed by atoms with E-state index in [2.05, 4.69) is 4.74 Å². The molecule has 0 aliphatic heterocycles. The molecule has 0 aromatic rings. The van der Waals surface area contributed by atoms with Crippen molar-refractivity contribution in [3.8, 4) is 0 Å². The Morgan fingerprint density at radius 3 is 2.27 bits per heavy atom. The number of aliphatic hydroxyl groups is 3. The van der Waals surface area contributed by atoms with E-state index in [0.717, 1.165) is 0 Å². The minimum atomic E-state index is -1.38. The molecular formula is C6H13FO4. The Balaban J connectivity index is 3.86. The van der Waals surface area contributed by atoms with E-state index in [0.29, 0.717) is 0 Å². The van der Waals surface area contributed by atoms with Crippen LogP contribution in [-0.2, 0) is 4.74 Å². The van der Waals surface area contributed by atoms with Crippen molar-refractivity contribution in [2.75, 3.05) is 20.4 Å². The molecule has 0 spiro atoms. The van der Waals surface area contributed by atoms with Crippen molar-refractivity contribution in [2.24, 2.45) is 0 Å². The largest absolute Gasteiger partial charge is 0.394 e. The second-order valence-electron chi connectivity index (χ2n) is 2.17. The van der Waals surface area contributed by atoms with Gasteiger partial charge in [0, 0.05) is 7.11 Å². The van der Waals surface area contributed by atoms with Crippen LogP contribution in [0.1, 0.15) is 0 Å². The molecule has 0 aromatic heterocycles. The van der Waals surface area contributed by atoms with Crippen LogP contribution in [0.15, 0.2) is 0 Å². The summed E-state index contributed by atoms with van der Waals surface area (Å²) in [6, 6.07) is 0. The minimum Gasteiger partial charge on any atom is -0.394 e. The van der Waals surface area contributed by atoms with Gasteiger partial charge in [-0.25, -0.2) is 4.39 Å². The number of alkyl halides is 1. The number of methoxy groups -OCH3 is 1. The molecule has 1 unspecified atom stereocenters. The number of hydrogen-bond donors (Lipinski definition) is 3. The van der Waals surface area contributed by atoms with E-state index in [1.807, 2.05) is 0 Å². The maximum atomic E-state index is 11.9. The lowest BCUT2D eigenvalue weighted by atomic mass is 10.1. The SMILES string of the molecule is COC(CF)[C@@H](O)[C@H](O)CO. The third kappa shape index (κ3) is 3.11. The maximum absolute atomic E-state index is 11.9. The van der Waals surface area contributed by atoms with Crippen LogP contribution >= 0.6 is 0 Å². The van der Waals surface area contributed by atoms with Gasteiger partial charge in [-0.05, 0) is 0 Å². The molecule has 0 heterocycles. The molecule has 11 heavy (non-hydrogen) atoms. The highest BCUT2D eigenvalue weighted by Crippen LogP contribution is 2.03. The first-order valence-electron chi connectivity index (χ1n) is 3.23. The van der Waals surface area contributed by atoms with E-state index >= 15 is 0 Å². The second kappa shape index (κ2) is 5.42. The molecule has 0 bridgehead atoms. The first kappa shape index (κ1) is 10.8. The summed E-state index contributed by atoms with van der Waals surface area (Å²) in [4.78, 5) is 0. The first-order valence-corrected chi connectivity index (χ1v) is 3.23. The molecule has 5 heteroatoms. The molecule has 0 saturated heterocycles. The second-order valence-corrected chi connectivity index (χ2v) is 2.17. The van der Waals surface area contributed by atoms with Gasteiger partial charge in [0.15, 0.2) is 0 Å². The van der Waals surface area contributed by atoms with Crippen molar-refractivity contribution >= 4 is 0 Å². The fourth-order valence-corrected chi connectivity index (χ4v) is 0.649. The van der Waals surface area contributed by atoms with Gasteiger partial charge >= 0.3 is 0 Å². The van der Waals surface area contributed by atoms with E-state index in [4.69, 9.17) is 15.3 Å². The van der Waals surface area contributed by atoms with Crippen LogP contribution in [0.5, 0.6) is 0 Å². The lowest BCUT2D eigenvalue weighted by molar-refractivity contribution is -0.0953. The number of aliphatic hydroxyl groups excluding tert-OH is 3. The Labute approximate surface area is 64.2 Å². The summed E-state index contributed by atoms with van der Waals surface area (Å²) in [7, 11) is 1.22. The highest BCUT2D eigenvalue weighted by Gasteiger charge is 2.25. The van der Waals surface area contributed by atoms with Crippen molar-refractivity contribution < 1.29 is 24.4 Å². The van der Waals surface area contributed by atoms with Gasteiger partial charge in [0.25, 0.3) is 0 Å². The molecule has 0 fully saturated rings. The summed E-state index contributed by atoms with van der Waals surface area (Å²) < 4.78 is 16.4. The van der Waals surface area contributed by atoms with Crippen LogP contribution in [0.2, 0.25) is 0 Å². The van der Waals surface area contributed by atoms with E-state index in [9.17, 15) is 4.39 Å². The van der Waals surface area contributed by atoms with Gasteiger partial charge in [-0.2, -0.15) is 0 Å². The zero-order valence-electron chi connectivity index (χ0n) is 6.27. The molecule has 68 valence electrons. The highest BCUT2D eigenvalue weighted by molar-refractivity contribution is 4.74. The topological polar surface area (TPSA) is 69.9 Å². The van der Waals surface area contributed by atoms with Gasteiger partial charge < -0.3 is 20.1 Å². The monoisotopic (exact) mass is 168 g/mol. The zero-order valence-corrected chi connectivity index (χ0v) is 6.27. The lowest BCUT2D eigenvalue weighted by Crippen LogP contribution is -2.41. The van der Waals surface area contributed by atoms with E-state index in [1.165, 1.54) is 7.11 Å². The van der Waals surface area contributed by atoms with Crippen molar-refractivity contribution in [1.29, 1.82) is 0 Å². The van der Waals surface area contributed by atoms with Crippen molar-refractivity contribution in [2.45, 2.75) is 18.3 Å². The van der Waals surface area contributed by atoms with Gasteiger partial charge in [-0.1, -0.05) is 0 Å². The summed E-state index contributed by atoms with van der Waals surface area (Å²) in [6.07, 6.45) is -3.80. The third-order valence-corrected chi connectivity index (χ3v) is 1.42. The Morgan fingerprint density at radius 1 is 1.45 bits per heavy atom. The zero-order chi connectivity index (χ0) is 8.85. The molecule has 3 atom stereocenters. The molecule has 0 saturated carbocycles. The number of rotatable bonds is 5. The average Bonchev–Trinajstić information content (AvgIpc) is 2.05. The van der Waals surface area contributed by atoms with Gasteiger partial charge in [0.05, 0.1) is 6.61 Å². The van der Waals surface area contributed by atoms with Gasteiger partial charge in [0.2, 0.25) is 0 Å². The Hall–Kier alpha value is -0.230. The van der Waals surface area contributed by atoms with E-state index in [1.54, 1.807) is 0 Å². The molecule has 0 radical (unpaired) electrons. The summed E-state index contributed by atoms with van der Waals surface area (Å²) >= 11 is 0. The number of halogens is 1. The predicted molar refractivity (Wildman–Crippen MR) is 35.9 cm³/mol. The molecular weight excluding hydrogens is 155 g/mol. The molecule has 3 N–H and O–H groups in total. The summed E-state index contributed by atoms with van der Waals surface area (Å²) in [5.74, 6) is 0. The molecule has 0 aliphatic carbocycles. The fourth-order valence-electron chi connectivity index (χ4n) is 0.649. The Bertz CT molecular complexity index is 96.6. The highest BCUT2D eigenvalue weighted by atomic mass is 19.1. The lowest BCUT2D eigenvalue weighted by Gasteiger charge is -2.21. The van der Waals surface area contributed by atoms with Crippen LogP contribution in [0.4, 0.5) is 4.39 Å². The van der Waals surface area contributed by atoms with Crippen LogP contribution in [0.3, 0.4) is 0 Å². The predicted octanol–water partition coefficient (Wildman–Crippen LogP) is -1.31. The van der Waals surface area contributed by atoms with Crippen molar-refractivity contribution in [3.63, 3.8) is 0 Å². The van der Waals surface area contributed by atoms with Crippen LogP contribution in [0.25, 0.3) is 0 Å². The number of hydrogen-bond acceptors (Lipinski definition) is 4. The fraction of sp³-hybridized carbons (Fsp3) is 1.00. The Morgan fingerprint density at radius 2 is 2.00 bits per heavy atom. The van der Waals surface area contributed by atoms with E-state index in [-0.39, 0.29) is 0 Å². The quantitative estimate of drug-likeness (QED) is 0.476. The molecule has 4 nitrogen and oxygen atoms in total. The van der Waals surface area contributed by atoms with Crippen molar-refractivity contribution in [1.82, 2.24) is 0 Å². The smallest absolute Gasteiger partial charge is 0.118 e. The molecule has 0 rings (SSSR count). The summed E-state index contributed by atoms with van der Waals surface area (Å²) in [6.45, 7) is -1.50. The maximum Gasteiger partial charge on any atom is 0.118 e. The average molecular weight is 168 g/mol. The minimum absolute atomic E-state index is 0.610. The van der Waals surface area contributed by atoms with E-state index < -0.39 is 31.6 Å². The molecule has 0 amide bonds. The van der Waals surface area contributed by atoms with Gasteiger partial charge in [-0.3, -0.25) is 0 Å². The molecule has 0 aromatic carbocycles. The van der Waals surface area contributed by atoms with Crippen LogP contribution in [-0.4, -0.2) is 54.0 Å². The number of ether oxygens (including phenoxy) is 1. The van der Waals surface area contributed by atoms with Crippen LogP contribution < -0.4 is 0 Å². The van der Waals surface area contributed by atoms with Gasteiger partial charge in [-0.15, -0.1) is 0 Å². The normalized spacial score (nSPS) is 19.4. The summed E-state index contributed by atoms with van der Waals surface area (Å²) in [5.41, 5.74) is 0. The summed E-state index contributed by atoms with van der Waals surface area (Å²) in [5, 5.41) is 26.2. The standard InChI is InChI=1S/C6H13FO4/c1-11-5(2-7)6(10)4(9)3-8/h4-6,8-10H,2-3H2,1H3/t4-,5?,6+/m1/s1. The third-order valence-electron chi connectivity index (χ3n) is 1.42. The van der Waals surface area contributed by atoms with Gasteiger partial charge in [0.1, 0.15) is 25.0 Å². The van der Waals surface area contributed by atoms with Crippen LogP contribution in [0, 0.1) is 0 Å². The van der Waals surface area contributed by atoms with Crippen molar-refractivity contribution in [3.05, 3.63) is 0 Å². The Kier molecular flexibility index (Phi) is 5.31. The molecule has 0 aliphatic rings. The first-order chi connectivity index (χ1) is 5.17.